The van der Waals surface area contributed by atoms with Gasteiger partial charge in [-0.3, -0.25) is 0 Å². The Morgan fingerprint density at radius 3 is 2.71 bits per heavy atom. The van der Waals surface area contributed by atoms with Gasteiger partial charge in [0, 0.05) is 23.9 Å². The molecule has 4 heteroatoms. The summed E-state index contributed by atoms with van der Waals surface area (Å²) < 4.78 is 17.3. The van der Waals surface area contributed by atoms with Gasteiger partial charge < -0.3 is 19.5 Å². The van der Waals surface area contributed by atoms with E-state index < -0.39 is 0 Å². The van der Waals surface area contributed by atoms with E-state index in [1.54, 1.807) is 14.2 Å². The third-order valence-corrected chi connectivity index (χ3v) is 5.26. The number of benzene rings is 2. The van der Waals surface area contributed by atoms with Crippen LogP contribution in [0.25, 0.3) is 16.7 Å². The molecule has 2 aromatic rings. The van der Waals surface area contributed by atoms with Gasteiger partial charge in [-0.1, -0.05) is 24.3 Å². The first-order valence-corrected chi connectivity index (χ1v) is 9.59. The minimum Gasteiger partial charge on any atom is -0.496 e. The van der Waals surface area contributed by atoms with Crippen molar-refractivity contribution in [2.45, 2.75) is 32.4 Å². The van der Waals surface area contributed by atoms with E-state index in [0.717, 1.165) is 28.3 Å². The summed E-state index contributed by atoms with van der Waals surface area (Å²) >= 11 is 0. The Bertz CT molecular complexity index is 972. The molecular formula is C24H27NO3. The van der Waals surface area contributed by atoms with Gasteiger partial charge in [0.1, 0.15) is 17.6 Å². The van der Waals surface area contributed by atoms with E-state index in [2.05, 4.69) is 50.4 Å². The normalized spacial score (nSPS) is 19.0. The first-order chi connectivity index (χ1) is 13.4. The van der Waals surface area contributed by atoms with E-state index >= 15 is 0 Å². The molecule has 2 aromatic carbocycles. The van der Waals surface area contributed by atoms with E-state index in [9.17, 15) is 0 Å². The topological polar surface area (TPSA) is 39.7 Å². The Balaban J connectivity index is 1.97. The van der Waals surface area contributed by atoms with Crippen molar-refractivity contribution >= 4 is 11.3 Å². The molecule has 2 aliphatic rings. The van der Waals surface area contributed by atoms with Gasteiger partial charge in [-0.2, -0.15) is 0 Å². The highest BCUT2D eigenvalue weighted by molar-refractivity contribution is 5.91. The molecule has 1 N–H and O–H groups in total. The number of nitrogens with one attached hydrogen (secondary N) is 1. The summed E-state index contributed by atoms with van der Waals surface area (Å²) in [5.74, 6) is 1.66. The van der Waals surface area contributed by atoms with Crippen LogP contribution in [0.15, 0.2) is 48.6 Å². The van der Waals surface area contributed by atoms with Crippen LogP contribution in [0.4, 0.5) is 5.69 Å². The van der Waals surface area contributed by atoms with Crippen LogP contribution in [0, 0.1) is 0 Å². The number of hydrogen-bond acceptors (Lipinski definition) is 4. The van der Waals surface area contributed by atoms with Crippen LogP contribution in [0.5, 0.6) is 11.5 Å². The van der Waals surface area contributed by atoms with E-state index in [-0.39, 0.29) is 11.6 Å². The number of methoxy groups -OCH3 is 2. The van der Waals surface area contributed by atoms with Crippen molar-refractivity contribution in [3.8, 4) is 22.6 Å². The summed E-state index contributed by atoms with van der Waals surface area (Å²) in [4.78, 5) is 0. The predicted octanol–water partition coefficient (Wildman–Crippen LogP) is 5.61. The lowest BCUT2D eigenvalue weighted by atomic mass is 9.81. The van der Waals surface area contributed by atoms with Crippen LogP contribution >= 0.6 is 0 Å². The molecule has 2 heterocycles. The number of fused-ring (bicyclic) bond motifs is 5. The Morgan fingerprint density at radius 2 is 1.96 bits per heavy atom. The first kappa shape index (κ1) is 18.6. The molecular weight excluding hydrogens is 350 g/mol. The lowest BCUT2D eigenvalue weighted by Gasteiger charge is -2.36. The van der Waals surface area contributed by atoms with Gasteiger partial charge >= 0.3 is 0 Å². The van der Waals surface area contributed by atoms with Gasteiger partial charge in [0.15, 0.2) is 0 Å². The largest absolute Gasteiger partial charge is 0.496 e. The second-order valence-electron chi connectivity index (χ2n) is 7.88. The highest BCUT2D eigenvalue weighted by atomic mass is 16.5. The van der Waals surface area contributed by atoms with Crippen LogP contribution in [0.1, 0.15) is 38.0 Å². The third-order valence-electron chi connectivity index (χ3n) is 5.26. The van der Waals surface area contributed by atoms with E-state index in [1.807, 2.05) is 24.3 Å². The van der Waals surface area contributed by atoms with Gasteiger partial charge in [0.2, 0.25) is 0 Å². The van der Waals surface area contributed by atoms with E-state index in [4.69, 9.17) is 14.2 Å². The number of allylic oxidation sites excluding steroid dienone is 1. The Labute approximate surface area is 166 Å². The molecule has 146 valence electrons. The second-order valence-corrected chi connectivity index (χ2v) is 7.88. The van der Waals surface area contributed by atoms with Crippen molar-refractivity contribution in [1.82, 2.24) is 0 Å². The molecule has 0 amide bonds. The molecule has 0 spiro atoms. The van der Waals surface area contributed by atoms with Crippen LogP contribution < -0.4 is 14.8 Å². The molecule has 0 bridgehead atoms. The fourth-order valence-corrected chi connectivity index (χ4v) is 4.31. The monoisotopic (exact) mass is 377 g/mol. The molecule has 1 unspecified atom stereocenters. The number of rotatable bonds is 4. The molecule has 0 aliphatic carbocycles. The number of anilines is 1. The Hall–Kier alpha value is -2.72. The van der Waals surface area contributed by atoms with Gasteiger partial charge in [-0.05, 0) is 56.2 Å². The van der Waals surface area contributed by atoms with Crippen molar-refractivity contribution in [3.63, 3.8) is 0 Å². The average Bonchev–Trinajstić information content (AvgIpc) is 2.66. The molecule has 4 nitrogen and oxygen atoms in total. The maximum absolute atomic E-state index is 6.44. The van der Waals surface area contributed by atoms with Gasteiger partial charge in [-0.25, -0.2) is 0 Å². The van der Waals surface area contributed by atoms with Gasteiger partial charge in [-0.15, -0.1) is 0 Å². The quantitative estimate of drug-likeness (QED) is 0.704. The molecule has 0 saturated heterocycles. The maximum Gasteiger partial charge on any atom is 0.143 e. The summed E-state index contributed by atoms with van der Waals surface area (Å²) in [5, 5.41) is 3.65. The SMILES string of the molecule is COCC=CC1Oc2cccc(OC)c2-c2ccc3c(c21)C(C)=CC(C)(C)N3. The average molecular weight is 377 g/mol. The van der Waals surface area contributed by atoms with E-state index in [1.165, 1.54) is 16.7 Å². The summed E-state index contributed by atoms with van der Waals surface area (Å²) in [6, 6.07) is 10.3. The van der Waals surface area contributed by atoms with Crippen molar-refractivity contribution in [1.29, 1.82) is 0 Å². The lowest BCUT2D eigenvalue weighted by molar-refractivity contribution is 0.227. The van der Waals surface area contributed by atoms with Crippen LogP contribution in [0.3, 0.4) is 0 Å². The molecule has 28 heavy (non-hydrogen) atoms. The van der Waals surface area contributed by atoms with Gasteiger partial charge in [0.25, 0.3) is 0 Å². The molecule has 0 aromatic heterocycles. The smallest absolute Gasteiger partial charge is 0.143 e. The van der Waals surface area contributed by atoms with Crippen LogP contribution in [0.2, 0.25) is 0 Å². The standard InChI is InChI=1S/C24H27NO3/c1-15-14-24(2,3)25-17-12-11-16-22-18(27-5)8-6-9-19(22)28-20(10-7-13-26-4)23(16)21(15)17/h6-12,14,20,25H,13H2,1-5H3. The fraction of sp³-hybridized carbons (Fsp3) is 0.333. The Kier molecular flexibility index (Phi) is 4.68. The highest BCUT2D eigenvalue weighted by Gasteiger charge is 2.33. The molecule has 2 aliphatic heterocycles. The zero-order valence-electron chi connectivity index (χ0n) is 17.1. The molecule has 0 radical (unpaired) electrons. The van der Waals surface area contributed by atoms with Crippen LogP contribution in [-0.2, 0) is 4.74 Å². The summed E-state index contributed by atoms with van der Waals surface area (Å²) in [6.07, 6.45) is 6.19. The third kappa shape index (κ3) is 3.08. The maximum atomic E-state index is 6.44. The first-order valence-electron chi connectivity index (χ1n) is 9.59. The number of hydrogen-bond donors (Lipinski definition) is 1. The van der Waals surface area contributed by atoms with Crippen molar-refractivity contribution in [2.75, 3.05) is 26.1 Å². The van der Waals surface area contributed by atoms with E-state index in [0.29, 0.717) is 6.61 Å². The minimum atomic E-state index is -0.189. The van der Waals surface area contributed by atoms with Crippen molar-refractivity contribution in [3.05, 3.63) is 59.7 Å². The molecule has 4 rings (SSSR count). The zero-order chi connectivity index (χ0) is 19.9. The number of ether oxygens (including phenoxy) is 3. The fourth-order valence-electron chi connectivity index (χ4n) is 4.31. The molecule has 1 atom stereocenters. The summed E-state index contributed by atoms with van der Waals surface area (Å²) in [6.45, 7) is 7.10. The second kappa shape index (κ2) is 7.02. The Morgan fingerprint density at radius 1 is 1.14 bits per heavy atom. The minimum absolute atomic E-state index is 0.0855. The van der Waals surface area contributed by atoms with Crippen LogP contribution in [-0.4, -0.2) is 26.4 Å². The summed E-state index contributed by atoms with van der Waals surface area (Å²) in [5.41, 5.74) is 6.84. The van der Waals surface area contributed by atoms with Crippen molar-refractivity contribution in [2.24, 2.45) is 0 Å². The van der Waals surface area contributed by atoms with Gasteiger partial charge in [0.05, 0.1) is 24.8 Å². The molecule has 0 saturated carbocycles. The summed E-state index contributed by atoms with van der Waals surface area (Å²) in [7, 11) is 3.40. The predicted molar refractivity (Wildman–Crippen MR) is 114 cm³/mol. The molecule has 0 fully saturated rings. The lowest BCUT2D eigenvalue weighted by Crippen LogP contribution is -2.32. The highest BCUT2D eigenvalue weighted by Crippen LogP contribution is 2.52. The zero-order valence-corrected chi connectivity index (χ0v) is 17.1. The van der Waals surface area contributed by atoms with Crippen molar-refractivity contribution < 1.29 is 14.2 Å².